The quantitative estimate of drug-likeness (QED) is 0.277. The summed E-state index contributed by atoms with van der Waals surface area (Å²) >= 11 is 12.0. The van der Waals surface area contributed by atoms with Gasteiger partial charge in [0.25, 0.3) is 5.91 Å². The molecule has 3 aromatic rings. The molecule has 0 unspecified atom stereocenters. The number of methoxy groups -OCH3 is 1. The van der Waals surface area contributed by atoms with Gasteiger partial charge < -0.3 is 19.2 Å². The maximum atomic E-state index is 12.9. The fourth-order valence-corrected chi connectivity index (χ4v) is 3.54. The van der Waals surface area contributed by atoms with Crippen molar-refractivity contribution >= 4 is 47.2 Å². The third-order valence-electron chi connectivity index (χ3n) is 4.92. The van der Waals surface area contributed by atoms with E-state index in [1.54, 1.807) is 42.5 Å². The molecule has 34 heavy (non-hydrogen) atoms. The smallest absolute Gasteiger partial charge is 0.373 e. The van der Waals surface area contributed by atoms with E-state index in [2.05, 4.69) is 10.1 Å². The number of benzene rings is 2. The minimum Gasteiger partial charge on any atom is -0.488 e. The van der Waals surface area contributed by atoms with Crippen molar-refractivity contribution in [2.75, 3.05) is 7.11 Å². The fourth-order valence-electron chi connectivity index (χ4n) is 3.22. The molecule has 3 amide bonds. The van der Waals surface area contributed by atoms with Crippen LogP contribution in [0.2, 0.25) is 10.0 Å². The highest BCUT2D eigenvalue weighted by atomic mass is 35.5. The van der Waals surface area contributed by atoms with E-state index in [-0.39, 0.29) is 30.4 Å². The first kappa shape index (κ1) is 23.4. The SMILES string of the molecule is COC(=O)c1ccc(CN2C(=O)N/C(=C\c3ccccc3OCc3ccc(Cl)c(Cl)c3)C2=O)o1. The Morgan fingerprint density at radius 1 is 1.09 bits per heavy atom. The summed E-state index contributed by atoms with van der Waals surface area (Å²) in [6.45, 7) is 0.0823. The number of hydrogen-bond acceptors (Lipinski definition) is 6. The molecule has 2 heterocycles. The number of rotatable bonds is 7. The van der Waals surface area contributed by atoms with Gasteiger partial charge in [-0.05, 0) is 42.0 Å². The highest BCUT2D eigenvalue weighted by Crippen LogP contribution is 2.26. The minimum atomic E-state index is -0.651. The molecule has 1 fully saturated rings. The summed E-state index contributed by atoms with van der Waals surface area (Å²) in [6.07, 6.45) is 1.53. The first-order chi connectivity index (χ1) is 16.4. The second kappa shape index (κ2) is 10.0. The second-order valence-corrected chi connectivity index (χ2v) is 8.03. The number of carbonyl (C=O) groups excluding carboxylic acids is 3. The predicted octanol–water partition coefficient (Wildman–Crippen LogP) is 5.04. The highest BCUT2D eigenvalue weighted by Gasteiger charge is 2.34. The summed E-state index contributed by atoms with van der Waals surface area (Å²) in [7, 11) is 1.23. The zero-order chi connectivity index (χ0) is 24.2. The minimum absolute atomic E-state index is 0.0200. The zero-order valence-electron chi connectivity index (χ0n) is 17.8. The van der Waals surface area contributed by atoms with Crippen LogP contribution in [-0.2, 0) is 22.7 Å². The van der Waals surface area contributed by atoms with Gasteiger partial charge in [-0.2, -0.15) is 0 Å². The van der Waals surface area contributed by atoms with Gasteiger partial charge in [0.15, 0.2) is 0 Å². The van der Waals surface area contributed by atoms with Gasteiger partial charge in [0.1, 0.15) is 23.8 Å². The summed E-state index contributed by atoms with van der Waals surface area (Å²) in [6, 6.07) is 14.6. The van der Waals surface area contributed by atoms with Crippen LogP contribution in [0, 0.1) is 0 Å². The molecule has 10 heteroatoms. The Balaban J connectivity index is 1.49. The number of carbonyl (C=O) groups is 3. The molecule has 8 nitrogen and oxygen atoms in total. The van der Waals surface area contributed by atoms with Crippen LogP contribution in [0.5, 0.6) is 5.75 Å². The molecule has 0 atom stereocenters. The van der Waals surface area contributed by atoms with Crippen molar-refractivity contribution in [2.45, 2.75) is 13.2 Å². The van der Waals surface area contributed by atoms with Gasteiger partial charge in [0.2, 0.25) is 5.76 Å². The number of urea groups is 1. The van der Waals surface area contributed by atoms with E-state index in [0.717, 1.165) is 10.5 Å². The lowest BCUT2D eigenvalue weighted by Crippen LogP contribution is -2.30. The fraction of sp³-hybridized carbons (Fsp3) is 0.125. The Morgan fingerprint density at radius 3 is 2.65 bits per heavy atom. The van der Waals surface area contributed by atoms with Crippen LogP contribution < -0.4 is 10.1 Å². The first-order valence-electron chi connectivity index (χ1n) is 10.0. The zero-order valence-corrected chi connectivity index (χ0v) is 19.4. The molecular weight excluding hydrogens is 483 g/mol. The second-order valence-electron chi connectivity index (χ2n) is 7.21. The summed E-state index contributed by atoms with van der Waals surface area (Å²) in [5.74, 6) is -0.443. The van der Waals surface area contributed by atoms with Crippen molar-refractivity contribution in [1.82, 2.24) is 10.2 Å². The van der Waals surface area contributed by atoms with Gasteiger partial charge in [0.05, 0.1) is 23.7 Å². The maximum Gasteiger partial charge on any atom is 0.373 e. The largest absolute Gasteiger partial charge is 0.488 e. The number of hydrogen-bond donors (Lipinski definition) is 1. The topological polar surface area (TPSA) is 98.1 Å². The van der Waals surface area contributed by atoms with Crippen LogP contribution in [-0.4, -0.2) is 29.9 Å². The lowest BCUT2D eigenvalue weighted by Gasteiger charge is -2.11. The summed E-state index contributed by atoms with van der Waals surface area (Å²) in [5.41, 5.74) is 1.49. The van der Waals surface area contributed by atoms with Crippen molar-refractivity contribution < 1.29 is 28.3 Å². The van der Waals surface area contributed by atoms with Crippen molar-refractivity contribution in [3.63, 3.8) is 0 Å². The van der Waals surface area contributed by atoms with Crippen LogP contribution in [0.4, 0.5) is 4.79 Å². The van der Waals surface area contributed by atoms with Gasteiger partial charge in [-0.1, -0.05) is 47.5 Å². The standard InChI is InChI=1S/C24H18Cl2N2O6/c1-32-23(30)21-9-7-16(34-21)12-28-22(29)19(27-24(28)31)11-15-4-2-3-5-20(15)33-13-14-6-8-17(25)18(26)10-14/h2-11H,12-13H2,1H3,(H,27,31)/b19-11-. The van der Waals surface area contributed by atoms with E-state index in [9.17, 15) is 14.4 Å². The number of imide groups is 1. The number of para-hydroxylation sites is 1. The van der Waals surface area contributed by atoms with Gasteiger partial charge in [-0.25, -0.2) is 9.59 Å². The lowest BCUT2D eigenvalue weighted by molar-refractivity contribution is -0.123. The molecular formula is C24H18Cl2N2O6. The van der Waals surface area contributed by atoms with E-state index in [0.29, 0.717) is 21.4 Å². The maximum absolute atomic E-state index is 12.9. The monoisotopic (exact) mass is 500 g/mol. The number of furan rings is 1. The molecule has 0 bridgehead atoms. The van der Waals surface area contributed by atoms with Crippen LogP contribution in [0.1, 0.15) is 27.4 Å². The number of nitrogens with one attached hydrogen (secondary N) is 1. The van der Waals surface area contributed by atoms with Crippen molar-refractivity contribution in [3.8, 4) is 5.75 Å². The molecule has 1 N–H and O–H groups in total. The average molecular weight is 501 g/mol. The Bertz CT molecular complexity index is 1300. The molecule has 0 aliphatic carbocycles. The van der Waals surface area contributed by atoms with E-state index < -0.39 is 17.9 Å². The van der Waals surface area contributed by atoms with E-state index in [4.69, 9.17) is 32.4 Å². The molecule has 1 aliphatic rings. The predicted molar refractivity (Wildman–Crippen MR) is 124 cm³/mol. The van der Waals surface area contributed by atoms with Crippen molar-refractivity contribution in [1.29, 1.82) is 0 Å². The van der Waals surface area contributed by atoms with Gasteiger partial charge in [-0.3, -0.25) is 9.69 Å². The summed E-state index contributed by atoms with van der Waals surface area (Å²) in [4.78, 5) is 37.8. The third kappa shape index (κ3) is 5.08. The number of esters is 1. The van der Waals surface area contributed by atoms with Crippen LogP contribution in [0.3, 0.4) is 0 Å². The number of halogens is 2. The van der Waals surface area contributed by atoms with Crippen molar-refractivity contribution in [3.05, 3.63) is 93.0 Å². The van der Waals surface area contributed by atoms with E-state index in [1.165, 1.54) is 25.3 Å². The molecule has 1 aliphatic heterocycles. The molecule has 1 saturated heterocycles. The Morgan fingerprint density at radius 2 is 1.88 bits per heavy atom. The molecule has 1 aromatic heterocycles. The Kier molecular flexibility index (Phi) is 6.90. The molecule has 174 valence electrons. The molecule has 0 spiro atoms. The van der Waals surface area contributed by atoms with Crippen LogP contribution >= 0.6 is 23.2 Å². The number of nitrogens with zero attached hydrogens (tertiary/aromatic N) is 1. The molecule has 2 aromatic carbocycles. The number of ether oxygens (including phenoxy) is 2. The summed E-state index contributed by atoms with van der Waals surface area (Å²) < 4.78 is 15.8. The molecule has 0 saturated carbocycles. The van der Waals surface area contributed by atoms with Gasteiger partial charge >= 0.3 is 12.0 Å². The third-order valence-corrected chi connectivity index (χ3v) is 5.66. The summed E-state index contributed by atoms with van der Waals surface area (Å²) in [5, 5.41) is 3.43. The van der Waals surface area contributed by atoms with Gasteiger partial charge in [-0.15, -0.1) is 0 Å². The Hall–Kier alpha value is -3.75. The van der Waals surface area contributed by atoms with E-state index in [1.807, 2.05) is 0 Å². The number of amides is 3. The van der Waals surface area contributed by atoms with Gasteiger partial charge in [0, 0.05) is 5.56 Å². The Labute approximate surface area is 204 Å². The van der Waals surface area contributed by atoms with Crippen LogP contribution in [0.25, 0.3) is 6.08 Å². The van der Waals surface area contributed by atoms with Crippen molar-refractivity contribution in [2.24, 2.45) is 0 Å². The lowest BCUT2D eigenvalue weighted by atomic mass is 10.1. The van der Waals surface area contributed by atoms with Crippen LogP contribution in [0.15, 0.2) is 64.7 Å². The normalized spacial score (nSPS) is 14.4. The first-order valence-corrected chi connectivity index (χ1v) is 10.8. The van der Waals surface area contributed by atoms with E-state index >= 15 is 0 Å². The average Bonchev–Trinajstić information content (AvgIpc) is 3.40. The molecule has 0 radical (unpaired) electrons. The highest BCUT2D eigenvalue weighted by molar-refractivity contribution is 6.42. The molecule has 4 rings (SSSR count).